The van der Waals surface area contributed by atoms with E-state index < -0.39 is 0 Å². The fraction of sp³-hybridized carbons (Fsp3) is 0.412. The number of hydrogen-bond acceptors (Lipinski definition) is 4. The molecule has 3 nitrogen and oxygen atoms in total. The molecule has 0 aliphatic carbocycles. The number of thioether (sulfide) groups is 2. The average Bonchev–Trinajstić information content (AvgIpc) is 2.89. The number of rotatable bonds is 5. The maximum atomic E-state index is 12.9. The van der Waals surface area contributed by atoms with Crippen molar-refractivity contribution in [2.24, 2.45) is 0 Å². The molecular weight excluding hydrogens is 312 g/mol. The molecule has 1 aliphatic rings. The minimum atomic E-state index is 0.0875. The number of unbranched alkanes of at least 4 members (excludes halogenated alkanes) is 1. The van der Waals surface area contributed by atoms with Gasteiger partial charge in [0.15, 0.2) is 5.16 Å². The van der Waals surface area contributed by atoms with Gasteiger partial charge in [0.25, 0.3) is 5.56 Å². The second kappa shape index (κ2) is 6.92. The first-order chi connectivity index (χ1) is 10.7. The highest BCUT2D eigenvalue weighted by atomic mass is 32.2. The van der Waals surface area contributed by atoms with Crippen molar-refractivity contribution in [3.8, 4) is 5.69 Å². The molecule has 22 heavy (non-hydrogen) atoms. The lowest BCUT2D eigenvalue weighted by atomic mass is 10.2. The van der Waals surface area contributed by atoms with Crippen LogP contribution in [0.3, 0.4) is 0 Å². The van der Waals surface area contributed by atoms with Gasteiger partial charge in [0.05, 0.1) is 16.3 Å². The molecule has 1 aromatic heterocycles. The van der Waals surface area contributed by atoms with Crippen molar-refractivity contribution in [2.75, 3.05) is 5.75 Å². The summed E-state index contributed by atoms with van der Waals surface area (Å²) >= 11 is 3.35. The highest BCUT2D eigenvalue weighted by Crippen LogP contribution is 2.34. The molecule has 0 unspecified atom stereocenters. The summed E-state index contributed by atoms with van der Waals surface area (Å²) in [4.78, 5) is 18.6. The third-order valence-electron chi connectivity index (χ3n) is 3.62. The van der Waals surface area contributed by atoms with Crippen LogP contribution in [0.15, 0.2) is 45.2 Å². The van der Waals surface area contributed by atoms with Crippen molar-refractivity contribution in [3.63, 3.8) is 0 Å². The Labute approximate surface area is 139 Å². The molecule has 3 rings (SSSR count). The number of aromatic nitrogens is 2. The maximum absolute atomic E-state index is 12.9. The quantitative estimate of drug-likeness (QED) is 0.468. The number of para-hydroxylation sites is 1. The molecule has 2 heterocycles. The monoisotopic (exact) mass is 332 g/mol. The third kappa shape index (κ3) is 3.10. The smallest absolute Gasteiger partial charge is 0.268 e. The lowest BCUT2D eigenvalue weighted by molar-refractivity contribution is 0.729. The Kier molecular flexibility index (Phi) is 4.93. The molecule has 116 valence electrons. The Bertz CT molecular complexity index is 713. The van der Waals surface area contributed by atoms with Crippen LogP contribution < -0.4 is 5.56 Å². The molecule has 1 aliphatic heterocycles. The molecule has 1 aromatic carbocycles. The second-order valence-electron chi connectivity index (χ2n) is 5.48. The van der Waals surface area contributed by atoms with E-state index in [0.29, 0.717) is 5.25 Å². The van der Waals surface area contributed by atoms with Crippen LogP contribution in [-0.2, 0) is 6.42 Å². The van der Waals surface area contributed by atoms with E-state index in [2.05, 4.69) is 13.8 Å². The van der Waals surface area contributed by atoms with Gasteiger partial charge in [-0.25, -0.2) is 4.98 Å². The molecule has 0 saturated carbocycles. The SMILES string of the molecule is CCCCSc1nc2c(c(=O)n1-c1ccccc1)S[C@@H](C)C2. The van der Waals surface area contributed by atoms with Crippen molar-refractivity contribution in [3.05, 3.63) is 46.4 Å². The van der Waals surface area contributed by atoms with Crippen LogP contribution in [0.4, 0.5) is 0 Å². The fourth-order valence-corrected chi connectivity index (χ4v) is 4.72. The van der Waals surface area contributed by atoms with Gasteiger partial charge in [-0.2, -0.15) is 0 Å². The summed E-state index contributed by atoms with van der Waals surface area (Å²) in [5, 5.41) is 1.27. The van der Waals surface area contributed by atoms with E-state index >= 15 is 0 Å². The zero-order valence-corrected chi connectivity index (χ0v) is 14.5. The van der Waals surface area contributed by atoms with Gasteiger partial charge in [0, 0.05) is 17.4 Å². The van der Waals surface area contributed by atoms with Crippen LogP contribution in [0, 0.1) is 0 Å². The molecule has 0 N–H and O–H groups in total. The van der Waals surface area contributed by atoms with Crippen LogP contribution in [0.1, 0.15) is 32.4 Å². The summed E-state index contributed by atoms with van der Waals surface area (Å²) in [7, 11) is 0. The number of hydrogen-bond donors (Lipinski definition) is 0. The van der Waals surface area contributed by atoms with Gasteiger partial charge in [0.2, 0.25) is 0 Å². The largest absolute Gasteiger partial charge is 0.272 e. The lowest BCUT2D eigenvalue weighted by Crippen LogP contribution is -2.23. The molecule has 0 radical (unpaired) electrons. The van der Waals surface area contributed by atoms with Gasteiger partial charge < -0.3 is 0 Å². The standard InChI is InChI=1S/C17H20N2OS2/c1-3-4-10-21-17-18-14-11-12(2)22-15(14)16(20)19(17)13-8-6-5-7-9-13/h5-9,12H,3-4,10-11H2,1-2H3/t12-/m0/s1. The van der Waals surface area contributed by atoms with Gasteiger partial charge in [-0.05, 0) is 18.6 Å². The zero-order chi connectivity index (χ0) is 15.5. The number of fused-ring (bicyclic) bond motifs is 1. The van der Waals surface area contributed by atoms with Gasteiger partial charge in [-0.3, -0.25) is 9.36 Å². The zero-order valence-electron chi connectivity index (χ0n) is 12.9. The molecule has 2 aromatic rings. The van der Waals surface area contributed by atoms with Crippen LogP contribution in [0.25, 0.3) is 5.69 Å². The van der Waals surface area contributed by atoms with E-state index in [-0.39, 0.29) is 5.56 Å². The van der Waals surface area contributed by atoms with Crippen LogP contribution in [0.2, 0.25) is 0 Å². The van der Waals surface area contributed by atoms with E-state index in [1.165, 1.54) is 0 Å². The summed E-state index contributed by atoms with van der Waals surface area (Å²) in [6.07, 6.45) is 3.18. The first-order valence-corrected chi connectivity index (χ1v) is 9.58. The summed E-state index contributed by atoms with van der Waals surface area (Å²) in [5.74, 6) is 0.997. The minimum absolute atomic E-state index is 0.0875. The van der Waals surface area contributed by atoms with Crippen LogP contribution >= 0.6 is 23.5 Å². The molecule has 1 atom stereocenters. The van der Waals surface area contributed by atoms with Crippen LogP contribution in [0.5, 0.6) is 0 Å². The Morgan fingerprint density at radius 1 is 1.36 bits per heavy atom. The molecule has 5 heteroatoms. The van der Waals surface area contributed by atoms with E-state index in [1.54, 1.807) is 28.1 Å². The van der Waals surface area contributed by atoms with Gasteiger partial charge in [-0.15, -0.1) is 11.8 Å². The van der Waals surface area contributed by atoms with Crippen molar-refractivity contribution in [2.45, 2.75) is 48.4 Å². The molecule has 0 amide bonds. The van der Waals surface area contributed by atoms with Gasteiger partial charge in [-0.1, -0.05) is 50.2 Å². The van der Waals surface area contributed by atoms with E-state index in [1.807, 2.05) is 30.3 Å². The molecule has 0 bridgehead atoms. The Morgan fingerprint density at radius 3 is 2.86 bits per heavy atom. The normalized spacial score (nSPS) is 16.7. The predicted octanol–water partition coefficient (Wildman–Crippen LogP) is 4.16. The summed E-state index contributed by atoms with van der Waals surface area (Å²) in [5.41, 5.74) is 1.97. The maximum Gasteiger partial charge on any atom is 0.272 e. The third-order valence-corrected chi connectivity index (χ3v) is 5.86. The fourth-order valence-electron chi connectivity index (χ4n) is 2.51. The van der Waals surface area contributed by atoms with Crippen molar-refractivity contribution < 1.29 is 0 Å². The van der Waals surface area contributed by atoms with E-state index in [9.17, 15) is 4.79 Å². The average molecular weight is 332 g/mol. The minimum Gasteiger partial charge on any atom is -0.268 e. The highest BCUT2D eigenvalue weighted by molar-refractivity contribution is 8.00. The summed E-state index contributed by atoms with van der Waals surface area (Å²) in [6, 6.07) is 9.84. The van der Waals surface area contributed by atoms with Crippen molar-refractivity contribution in [1.29, 1.82) is 0 Å². The number of nitrogens with zero attached hydrogens (tertiary/aromatic N) is 2. The highest BCUT2D eigenvalue weighted by Gasteiger charge is 2.26. The summed E-state index contributed by atoms with van der Waals surface area (Å²) < 4.78 is 1.78. The number of benzene rings is 1. The molecule has 0 saturated heterocycles. The first-order valence-electron chi connectivity index (χ1n) is 7.71. The Balaban J connectivity index is 2.09. The molecule has 0 spiro atoms. The van der Waals surface area contributed by atoms with Gasteiger partial charge in [0.1, 0.15) is 0 Å². The molecule has 0 fully saturated rings. The van der Waals surface area contributed by atoms with Crippen LogP contribution in [-0.4, -0.2) is 20.6 Å². The first kappa shape index (κ1) is 15.7. The topological polar surface area (TPSA) is 34.9 Å². The Morgan fingerprint density at radius 2 is 2.14 bits per heavy atom. The Hall–Kier alpha value is -1.20. The van der Waals surface area contributed by atoms with E-state index in [4.69, 9.17) is 4.98 Å². The van der Waals surface area contributed by atoms with Crippen molar-refractivity contribution in [1.82, 2.24) is 9.55 Å². The summed E-state index contributed by atoms with van der Waals surface area (Å²) in [6.45, 7) is 4.34. The molecular formula is C17H20N2OS2. The second-order valence-corrected chi connectivity index (χ2v) is 7.99. The van der Waals surface area contributed by atoms with E-state index in [0.717, 1.165) is 46.4 Å². The van der Waals surface area contributed by atoms with Gasteiger partial charge >= 0.3 is 0 Å². The van der Waals surface area contributed by atoms with Crippen molar-refractivity contribution >= 4 is 23.5 Å². The predicted molar refractivity (Wildman–Crippen MR) is 94.5 cm³/mol. The lowest BCUT2D eigenvalue weighted by Gasteiger charge is -2.13.